The van der Waals surface area contributed by atoms with Crippen LogP contribution in [0, 0.1) is 5.41 Å². The van der Waals surface area contributed by atoms with E-state index < -0.39 is 0 Å². The first-order valence-electron chi connectivity index (χ1n) is 12.3. The Bertz CT molecular complexity index is 1180. The first kappa shape index (κ1) is 23.6. The number of carbonyl (C=O) groups is 1. The van der Waals surface area contributed by atoms with Crippen LogP contribution in [-0.2, 0) is 16.0 Å². The molecule has 35 heavy (non-hydrogen) atoms. The lowest BCUT2D eigenvalue weighted by molar-refractivity contribution is -0.120. The Morgan fingerprint density at radius 1 is 1.09 bits per heavy atom. The Hall–Kier alpha value is -3.09. The average molecular weight is 476 g/mol. The van der Waals surface area contributed by atoms with Crippen LogP contribution in [0.3, 0.4) is 0 Å². The van der Waals surface area contributed by atoms with Crippen LogP contribution < -0.4 is 9.47 Å². The molecular weight excluding hydrogens is 442 g/mol. The van der Waals surface area contributed by atoms with E-state index in [1.165, 1.54) is 0 Å². The highest BCUT2D eigenvalue weighted by Crippen LogP contribution is 2.33. The maximum absolute atomic E-state index is 13.9. The highest BCUT2D eigenvalue weighted by atomic mass is 16.5. The van der Waals surface area contributed by atoms with E-state index in [1.54, 1.807) is 7.11 Å². The van der Waals surface area contributed by atoms with E-state index in [9.17, 15) is 4.79 Å². The van der Waals surface area contributed by atoms with Gasteiger partial charge in [-0.1, -0.05) is 49.4 Å². The molecule has 0 aromatic heterocycles. The molecule has 1 unspecified atom stereocenters. The van der Waals surface area contributed by atoms with E-state index in [2.05, 4.69) is 6.92 Å². The molecule has 6 heteroatoms. The van der Waals surface area contributed by atoms with Crippen LogP contribution in [0.2, 0.25) is 0 Å². The Morgan fingerprint density at radius 3 is 2.66 bits per heavy atom. The van der Waals surface area contributed by atoms with Crippen molar-refractivity contribution in [3.8, 4) is 11.5 Å². The fourth-order valence-electron chi connectivity index (χ4n) is 4.77. The topological polar surface area (TPSA) is 57.2 Å². The summed E-state index contributed by atoms with van der Waals surface area (Å²) < 4.78 is 23.0. The average Bonchev–Trinajstić information content (AvgIpc) is 3.38. The molecule has 2 aliphatic rings. The number of methoxy groups -OCH3 is 1. The monoisotopic (exact) mass is 475 g/mol. The van der Waals surface area contributed by atoms with Gasteiger partial charge in [-0.15, -0.1) is 0 Å². The lowest BCUT2D eigenvalue weighted by Crippen LogP contribution is -2.44. The normalized spacial score (nSPS) is 18.7. The number of fused-ring (bicyclic) bond motifs is 1. The highest BCUT2D eigenvalue weighted by molar-refractivity contribution is 6.07. The van der Waals surface area contributed by atoms with Crippen molar-refractivity contribution in [3.05, 3.63) is 71.8 Å². The summed E-state index contributed by atoms with van der Waals surface area (Å²) in [5.41, 5.74) is 1.73. The summed E-state index contributed by atoms with van der Waals surface area (Å²) in [6, 6.07) is 19.8. The third-order valence-electron chi connectivity index (χ3n) is 6.83. The number of hydrogen-bond acceptors (Lipinski definition) is 5. The van der Waals surface area contributed by atoms with Gasteiger partial charge in [0, 0.05) is 30.7 Å². The summed E-state index contributed by atoms with van der Waals surface area (Å²) in [4.78, 5) is 15.8. The van der Waals surface area contributed by atoms with Gasteiger partial charge in [0.2, 0.25) is 0 Å². The van der Waals surface area contributed by atoms with Crippen LogP contribution in [-0.4, -0.2) is 57.0 Å². The smallest absolute Gasteiger partial charge is 0.254 e. The van der Waals surface area contributed by atoms with E-state index >= 15 is 0 Å². The van der Waals surface area contributed by atoms with Crippen molar-refractivity contribution in [2.24, 2.45) is 5.41 Å². The number of carbonyl (C=O) groups excluding carboxylic acids is 1. The quantitative estimate of drug-likeness (QED) is 0.432. The minimum absolute atomic E-state index is 0.00899. The van der Waals surface area contributed by atoms with Crippen LogP contribution in [0.4, 0.5) is 0 Å². The van der Waals surface area contributed by atoms with E-state index in [4.69, 9.17) is 18.9 Å². The molecule has 1 atom stereocenters. The summed E-state index contributed by atoms with van der Waals surface area (Å²) in [5, 5.41) is 2.02. The highest BCUT2D eigenvalue weighted by Gasteiger charge is 2.34. The van der Waals surface area contributed by atoms with Crippen molar-refractivity contribution in [3.63, 3.8) is 0 Å². The van der Waals surface area contributed by atoms with Gasteiger partial charge in [0.05, 0.1) is 33.0 Å². The summed E-state index contributed by atoms with van der Waals surface area (Å²) in [6.45, 7) is 5.88. The molecule has 0 radical (unpaired) electrons. The summed E-state index contributed by atoms with van der Waals surface area (Å²) in [5.74, 6) is 1.38. The number of amides is 1. The molecule has 5 rings (SSSR count). The third kappa shape index (κ3) is 5.29. The van der Waals surface area contributed by atoms with Crippen molar-refractivity contribution in [2.45, 2.75) is 32.4 Å². The Balaban J connectivity index is 1.41. The summed E-state index contributed by atoms with van der Waals surface area (Å²) in [7, 11) is 1.64. The SMILES string of the molecule is COc1ccc(CN(CC2CCCO2)C(=O)c2cccc3ccccc23)cc1OCC1(C)COC1. The molecule has 0 bridgehead atoms. The Labute approximate surface area is 206 Å². The van der Waals surface area contributed by atoms with Crippen LogP contribution >= 0.6 is 0 Å². The number of rotatable bonds is 9. The zero-order chi connectivity index (χ0) is 24.3. The number of nitrogens with zero attached hydrogens (tertiary/aromatic N) is 1. The molecule has 184 valence electrons. The van der Waals surface area contributed by atoms with Gasteiger partial charge in [0.25, 0.3) is 5.91 Å². The molecule has 2 aliphatic heterocycles. The molecular formula is C29H33NO5. The van der Waals surface area contributed by atoms with Gasteiger partial charge in [0.15, 0.2) is 11.5 Å². The standard InChI is InChI=1S/C29H33NO5/c1-29(18-33-19-29)20-35-27-15-21(12-13-26(27)32-2)16-30(17-23-9-6-14-34-23)28(31)25-11-5-8-22-7-3-4-10-24(22)25/h3-5,7-8,10-13,15,23H,6,9,14,16-20H2,1-2H3. The second-order valence-electron chi connectivity index (χ2n) is 9.92. The van der Waals surface area contributed by atoms with Crippen molar-refractivity contribution in [2.75, 3.05) is 40.1 Å². The largest absolute Gasteiger partial charge is 0.493 e. The van der Waals surface area contributed by atoms with Crippen LogP contribution in [0.25, 0.3) is 10.8 Å². The van der Waals surface area contributed by atoms with Crippen molar-refractivity contribution in [1.82, 2.24) is 4.90 Å². The zero-order valence-electron chi connectivity index (χ0n) is 20.5. The van der Waals surface area contributed by atoms with Crippen LogP contribution in [0.15, 0.2) is 60.7 Å². The van der Waals surface area contributed by atoms with Gasteiger partial charge in [-0.3, -0.25) is 4.79 Å². The summed E-state index contributed by atoms with van der Waals surface area (Å²) in [6.07, 6.45) is 2.06. The Morgan fingerprint density at radius 2 is 1.91 bits per heavy atom. The van der Waals surface area contributed by atoms with Gasteiger partial charge in [-0.25, -0.2) is 0 Å². The van der Waals surface area contributed by atoms with E-state index in [1.807, 2.05) is 65.6 Å². The molecule has 0 spiro atoms. The first-order valence-corrected chi connectivity index (χ1v) is 12.3. The molecule has 0 aliphatic carbocycles. The molecule has 2 saturated heterocycles. The van der Waals surface area contributed by atoms with Crippen LogP contribution in [0.5, 0.6) is 11.5 Å². The fraction of sp³-hybridized carbons (Fsp3) is 0.414. The second kappa shape index (κ2) is 10.3. The molecule has 0 saturated carbocycles. The van der Waals surface area contributed by atoms with Gasteiger partial charge < -0.3 is 23.8 Å². The van der Waals surface area contributed by atoms with Gasteiger partial charge in [-0.2, -0.15) is 0 Å². The fourth-order valence-corrected chi connectivity index (χ4v) is 4.77. The van der Waals surface area contributed by atoms with E-state index in [0.29, 0.717) is 50.0 Å². The molecule has 2 heterocycles. The van der Waals surface area contributed by atoms with Crippen molar-refractivity contribution < 1.29 is 23.7 Å². The maximum Gasteiger partial charge on any atom is 0.254 e. The van der Waals surface area contributed by atoms with E-state index in [0.717, 1.165) is 35.8 Å². The minimum atomic E-state index is 0.00899. The number of hydrogen-bond donors (Lipinski definition) is 0. The zero-order valence-corrected chi connectivity index (χ0v) is 20.5. The lowest BCUT2D eigenvalue weighted by Gasteiger charge is -2.37. The molecule has 3 aromatic carbocycles. The predicted octanol–water partition coefficient (Wildman–Crippen LogP) is 5.09. The van der Waals surface area contributed by atoms with Crippen LogP contribution in [0.1, 0.15) is 35.7 Å². The number of ether oxygens (including phenoxy) is 4. The molecule has 3 aromatic rings. The number of benzene rings is 3. The minimum Gasteiger partial charge on any atom is -0.493 e. The molecule has 1 amide bonds. The third-order valence-corrected chi connectivity index (χ3v) is 6.83. The maximum atomic E-state index is 13.9. The predicted molar refractivity (Wildman–Crippen MR) is 135 cm³/mol. The Kier molecular flexibility index (Phi) is 6.93. The lowest BCUT2D eigenvalue weighted by atomic mass is 9.90. The van der Waals surface area contributed by atoms with Gasteiger partial charge in [-0.05, 0) is 47.4 Å². The van der Waals surface area contributed by atoms with E-state index in [-0.39, 0.29) is 17.4 Å². The van der Waals surface area contributed by atoms with Crippen molar-refractivity contribution >= 4 is 16.7 Å². The van der Waals surface area contributed by atoms with Gasteiger partial charge in [0.1, 0.15) is 0 Å². The summed E-state index contributed by atoms with van der Waals surface area (Å²) >= 11 is 0. The molecule has 6 nitrogen and oxygen atoms in total. The molecule has 2 fully saturated rings. The molecule has 0 N–H and O–H groups in total. The van der Waals surface area contributed by atoms with Crippen molar-refractivity contribution in [1.29, 1.82) is 0 Å². The second-order valence-corrected chi connectivity index (χ2v) is 9.92. The first-order chi connectivity index (χ1) is 17.0. The van der Waals surface area contributed by atoms with Gasteiger partial charge >= 0.3 is 0 Å².